The van der Waals surface area contributed by atoms with E-state index < -0.39 is 0 Å². The van der Waals surface area contributed by atoms with Crippen LogP contribution in [0.1, 0.15) is 19.3 Å². The van der Waals surface area contributed by atoms with Crippen LogP contribution in [0.3, 0.4) is 0 Å². The van der Waals surface area contributed by atoms with Gasteiger partial charge in [0, 0.05) is 18.6 Å². The molecule has 1 aliphatic heterocycles. The van der Waals surface area contributed by atoms with Gasteiger partial charge in [-0.3, -0.25) is 0 Å². The molecule has 0 spiro atoms. The zero-order valence-electron chi connectivity index (χ0n) is 8.71. The van der Waals surface area contributed by atoms with Crippen molar-refractivity contribution in [3.8, 4) is 0 Å². The third-order valence-corrected chi connectivity index (χ3v) is 3.43. The molecule has 0 aromatic carbocycles. The Morgan fingerprint density at radius 2 is 2.14 bits per heavy atom. The average molecular weight is 216 g/mol. The highest BCUT2D eigenvalue weighted by atomic mass is 32.1. The third-order valence-electron chi connectivity index (χ3n) is 2.76. The van der Waals surface area contributed by atoms with Gasteiger partial charge in [0.15, 0.2) is 0 Å². The second kappa shape index (κ2) is 6.49. The molecule has 0 aromatic heterocycles. The highest BCUT2D eigenvalue weighted by Crippen LogP contribution is 2.31. The monoisotopic (exact) mass is 216 g/mol. The van der Waals surface area contributed by atoms with Crippen molar-refractivity contribution in [3.63, 3.8) is 0 Å². The Balaban J connectivity index is 2.25. The number of hydrogen-bond acceptors (Lipinski definition) is 3. The van der Waals surface area contributed by atoms with Gasteiger partial charge in [0.05, 0.1) is 13.2 Å². The molecule has 0 radical (unpaired) electrons. The molecular formula is C11H20O2S. The van der Waals surface area contributed by atoms with Gasteiger partial charge in [0.1, 0.15) is 0 Å². The van der Waals surface area contributed by atoms with E-state index in [2.05, 4.69) is 19.2 Å². The van der Waals surface area contributed by atoms with Gasteiger partial charge in [0.2, 0.25) is 0 Å². The Hall–Kier alpha value is 0.01000. The SMILES string of the molecule is C=CCCOCC1(CS)CCOCC1. The van der Waals surface area contributed by atoms with Crippen LogP contribution < -0.4 is 0 Å². The van der Waals surface area contributed by atoms with Gasteiger partial charge in [-0.15, -0.1) is 6.58 Å². The van der Waals surface area contributed by atoms with Crippen LogP contribution in [0.25, 0.3) is 0 Å². The largest absolute Gasteiger partial charge is 0.381 e. The van der Waals surface area contributed by atoms with Gasteiger partial charge in [-0.25, -0.2) is 0 Å². The van der Waals surface area contributed by atoms with E-state index in [1.54, 1.807) is 0 Å². The molecule has 1 aliphatic rings. The summed E-state index contributed by atoms with van der Waals surface area (Å²) >= 11 is 4.42. The highest BCUT2D eigenvalue weighted by molar-refractivity contribution is 7.80. The molecular weight excluding hydrogens is 196 g/mol. The van der Waals surface area contributed by atoms with E-state index in [0.29, 0.717) is 0 Å². The topological polar surface area (TPSA) is 18.5 Å². The van der Waals surface area contributed by atoms with Crippen molar-refractivity contribution in [2.45, 2.75) is 19.3 Å². The van der Waals surface area contributed by atoms with Crippen LogP contribution in [0.5, 0.6) is 0 Å². The molecule has 0 aliphatic carbocycles. The van der Waals surface area contributed by atoms with Crippen LogP contribution >= 0.6 is 12.6 Å². The standard InChI is InChI=1S/C11H20O2S/c1-2-3-6-13-9-11(10-14)4-7-12-8-5-11/h2,14H,1,3-10H2. The molecule has 1 heterocycles. The minimum atomic E-state index is 0.253. The molecule has 14 heavy (non-hydrogen) atoms. The number of thiol groups is 1. The van der Waals surface area contributed by atoms with Crippen LogP contribution in [0.4, 0.5) is 0 Å². The molecule has 1 saturated heterocycles. The van der Waals surface area contributed by atoms with E-state index in [1.165, 1.54) is 0 Å². The molecule has 0 bridgehead atoms. The smallest absolute Gasteiger partial charge is 0.0532 e. The molecule has 0 saturated carbocycles. The van der Waals surface area contributed by atoms with Crippen molar-refractivity contribution in [3.05, 3.63) is 12.7 Å². The first-order chi connectivity index (χ1) is 6.83. The summed E-state index contributed by atoms with van der Waals surface area (Å²) in [7, 11) is 0. The second-order valence-corrected chi connectivity index (χ2v) is 4.22. The van der Waals surface area contributed by atoms with Crippen molar-refractivity contribution in [2.75, 3.05) is 32.2 Å². The third kappa shape index (κ3) is 3.64. The summed E-state index contributed by atoms with van der Waals surface area (Å²) in [5, 5.41) is 0. The van der Waals surface area contributed by atoms with Gasteiger partial charge in [-0.1, -0.05) is 6.08 Å². The Labute approximate surface area is 92.1 Å². The number of ether oxygens (including phenoxy) is 2. The summed E-state index contributed by atoms with van der Waals surface area (Å²) in [5.41, 5.74) is 0.253. The van der Waals surface area contributed by atoms with Gasteiger partial charge in [0.25, 0.3) is 0 Å². The summed E-state index contributed by atoms with van der Waals surface area (Å²) in [4.78, 5) is 0. The lowest BCUT2D eigenvalue weighted by Gasteiger charge is -2.35. The lowest BCUT2D eigenvalue weighted by Crippen LogP contribution is -2.35. The maximum absolute atomic E-state index is 5.63. The molecule has 1 fully saturated rings. The fourth-order valence-electron chi connectivity index (χ4n) is 1.61. The van der Waals surface area contributed by atoms with Crippen molar-refractivity contribution in [1.82, 2.24) is 0 Å². The first kappa shape index (κ1) is 12.1. The maximum atomic E-state index is 5.63. The fourth-order valence-corrected chi connectivity index (χ4v) is 2.02. The van der Waals surface area contributed by atoms with E-state index in [0.717, 1.165) is 51.4 Å². The molecule has 0 atom stereocenters. The Morgan fingerprint density at radius 1 is 1.43 bits per heavy atom. The van der Waals surface area contributed by atoms with Gasteiger partial charge >= 0.3 is 0 Å². The predicted octanol–water partition coefficient (Wildman–Crippen LogP) is 2.31. The van der Waals surface area contributed by atoms with Crippen molar-refractivity contribution in [1.29, 1.82) is 0 Å². The molecule has 1 rings (SSSR count). The lowest BCUT2D eigenvalue weighted by molar-refractivity contribution is -0.0261. The van der Waals surface area contributed by atoms with Crippen LogP contribution in [0.15, 0.2) is 12.7 Å². The van der Waals surface area contributed by atoms with Crippen LogP contribution in [-0.2, 0) is 9.47 Å². The Kier molecular flexibility index (Phi) is 5.60. The minimum Gasteiger partial charge on any atom is -0.381 e. The van der Waals surface area contributed by atoms with Crippen molar-refractivity contribution < 1.29 is 9.47 Å². The average Bonchev–Trinajstić information content (AvgIpc) is 2.26. The van der Waals surface area contributed by atoms with E-state index in [4.69, 9.17) is 9.47 Å². The van der Waals surface area contributed by atoms with Gasteiger partial charge < -0.3 is 9.47 Å². The minimum absolute atomic E-state index is 0.253. The maximum Gasteiger partial charge on any atom is 0.0532 e. The summed E-state index contributed by atoms with van der Waals surface area (Å²) in [6, 6.07) is 0. The predicted molar refractivity (Wildman–Crippen MR) is 62.0 cm³/mol. The van der Waals surface area contributed by atoms with Gasteiger partial charge in [-0.2, -0.15) is 12.6 Å². The fraction of sp³-hybridized carbons (Fsp3) is 0.818. The Bertz CT molecular complexity index is 165. The van der Waals surface area contributed by atoms with E-state index >= 15 is 0 Å². The summed E-state index contributed by atoms with van der Waals surface area (Å²) in [5.74, 6) is 0.893. The molecule has 0 N–H and O–H groups in total. The highest BCUT2D eigenvalue weighted by Gasteiger charge is 2.31. The van der Waals surface area contributed by atoms with Crippen molar-refractivity contribution >= 4 is 12.6 Å². The number of hydrogen-bond donors (Lipinski definition) is 1. The second-order valence-electron chi connectivity index (χ2n) is 3.90. The normalized spacial score (nSPS) is 20.6. The molecule has 82 valence electrons. The molecule has 3 heteroatoms. The lowest BCUT2D eigenvalue weighted by atomic mass is 9.83. The van der Waals surface area contributed by atoms with Crippen molar-refractivity contribution in [2.24, 2.45) is 5.41 Å². The van der Waals surface area contributed by atoms with E-state index in [1.807, 2.05) is 6.08 Å². The molecule has 0 amide bonds. The summed E-state index contributed by atoms with van der Waals surface area (Å²) in [6.07, 6.45) is 4.96. The van der Waals surface area contributed by atoms with Crippen LogP contribution in [0, 0.1) is 5.41 Å². The quantitative estimate of drug-likeness (QED) is 0.417. The first-order valence-electron chi connectivity index (χ1n) is 5.20. The first-order valence-corrected chi connectivity index (χ1v) is 5.83. The summed E-state index contributed by atoms with van der Waals surface area (Å²) < 4.78 is 11.0. The summed E-state index contributed by atoms with van der Waals surface area (Å²) in [6.45, 7) is 6.96. The zero-order chi connectivity index (χ0) is 10.3. The molecule has 0 aromatic rings. The van der Waals surface area contributed by atoms with E-state index in [-0.39, 0.29) is 5.41 Å². The van der Waals surface area contributed by atoms with E-state index in [9.17, 15) is 0 Å². The van der Waals surface area contributed by atoms with Gasteiger partial charge in [-0.05, 0) is 25.0 Å². The van der Waals surface area contributed by atoms with Crippen LogP contribution in [-0.4, -0.2) is 32.2 Å². The molecule has 0 unspecified atom stereocenters. The molecule has 2 nitrogen and oxygen atoms in total. The zero-order valence-corrected chi connectivity index (χ0v) is 9.60. The Morgan fingerprint density at radius 3 is 2.71 bits per heavy atom. The number of rotatable bonds is 6. The van der Waals surface area contributed by atoms with Crippen LogP contribution in [0.2, 0.25) is 0 Å².